The molecule has 0 aliphatic heterocycles. The lowest BCUT2D eigenvalue weighted by atomic mass is 10.3. The molecule has 0 saturated carbocycles. The lowest BCUT2D eigenvalue weighted by Gasteiger charge is -1.98. The molecule has 3 rings (SSSR count). The molecular formula is C13H8F2N2OS. The molecule has 2 N–H and O–H groups in total. The lowest BCUT2D eigenvalue weighted by molar-refractivity contribution is 0.488. The van der Waals surface area contributed by atoms with Crippen LogP contribution in [0.3, 0.4) is 0 Å². The van der Waals surface area contributed by atoms with E-state index in [1.54, 1.807) is 18.2 Å². The van der Waals surface area contributed by atoms with E-state index in [2.05, 4.69) is 4.98 Å². The molecule has 1 aromatic heterocycles. The van der Waals surface area contributed by atoms with E-state index in [1.165, 1.54) is 0 Å². The summed E-state index contributed by atoms with van der Waals surface area (Å²) >= 11 is 0.926. The predicted molar refractivity (Wildman–Crippen MR) is 68.9 cm³/mol. The quantitative estimate of drug-likeness (QED) is 0.724. The fraction of sp³-hybridized carbons (Fsp3) is 0. The smallest absolute Gasteiger partial charge is 0.261 e. The molecule has 6 heteroatoms. The number of oxazole rings is 1. The number of nitrogen functional groups attached to an aromatic ring is 1. The number of halogens is 2. The molecule has 3 aromatic rings. The van der Waals surface area contributed by atoms with Crippen LogP contribution >= 0.6 is 11.8 Å². The van der Waals surface area contributed by atoms with Gasteiger partial charge in [0.05, 0.1) is 4.90 Å². The average molecular weight is 278 g/mol. The van der Waals surface area contributed by atoms with Crippen LogP contribution in [-0.4, -0.2) is 4.98 Å². The first-order valence-electron chi connectivity index (χ1n) is 5.41. The summed E-state index contributed by atoms with van der Waals surface area (Å²) in [5, 5.41) is 0.241. The van der Waals surface area contributed by atoms with Crippen molar-refractivity contribution in [2.24, 2.45) is 0 Å². The van der Waals surface area contributed by atoms with Gasteiger partial charge in [-0.3, -0.25) is 0 Å². The summed E-state index contributed by atoms with van der Waals surface area (Å²) in [6.07, 6.45) is 0. The molecule has 0 atom stereocenters. The number of hydrogen-bond acceptors (Lipinski definition) is 4. The van der Waals surface area contributed by atoms with Gasteiger partial charge >= 0.3 is 0 Å². The van der Waals surface area contributed by atoms with Crippen molar-refractivity contribution in [2.75, 3.05) is 5.73 Å². The summed E-state index contributed by atoms with van der Waals surface area (Å²) in [7, 11) is 0. The van der Waals surface area contributed by atoms with Crippen molar-refractivity contribution in [3.05, 3.63) is 48.0 Å². The summed E-state index contributed by atoms with van der Waals surface area (Å²) in [6.45, 7) is 0. The number of fused-ring (bicyclic) bond motifs is 1. The van der Waals surface area contributed by atoms with Crippen LogP contribution in [0.2, 0.25) is 0 Å². The van der Waals surface area contributed by atoms with E-state index in [-0.39, 0.29) is 10.1 Å². The van der Waals surface area contributed by atoms with Gasteiger partial charge in [-0.1, -0.05) is 0 Å². The number of benzene rings is 2. The molecule has 0 aliphatic carbocycles. The molecule has 1 heterocycles. The van der Waals surface area contributed by atoms with Crippen LogP contribution in [0.25, 0.3) is 11.1 Å². The molecule has 2 aromatic carbocycles. The van der Waals surface area contributed by atoms with Crippen LogP contribution in [-0.2, 0) is 0 Å². The van der Waals surface area contributed by atoms with Gasteiger partial charge in [0, 0.05) is 11.8 Å². The fourth-order valence-corrected chi connectivity index (χ4v) is 2.41. The highest BCUT2D eigenvalue weighted by Crippen LogP contribution is 2.32. The summed E-state index contributed by atoms with van der Waals surface area (Å²) < 4.78 is 32.0. The molecule has 0 spiro atoms. The second-order valence-corrected chi connectivity index (χ2v) is 4.88. The van der Waals surface area contributed by atoms with Crippen molar-refractivity contribution >= 4 is 28.5 Å². The van der Waals surface area contributed by atoms with Crippen LogP contribution in [0.1, 0.15) is 0 Å². The number of aromatic nitrogens is 1. The van der Waals surface area contributed by atoms with E-state index in [1.807, 2.05) is 0 Å². The monoisotopic (exact) mass is 278 g/mol. The molecule has 0 radical (unpaired) electrons. The first-order valence-corrected chi connectivity index (χ1v) is 6.22. The van der Waals surface area contributed by atoms with E-state index in [0.717, 1.165) is 30.0 Å². The zero-order chi connectivity index (χ0) is 13.4. The molecule has 96 valence electrons. The van der Waals surface area contributed by atoms with Crippen molar-refractivity contribution in [1.82, 2.24) is 4.98 Å². The van der Waals surface area contributed by atoms with Crippen LogP contribution < -0.4 is 5.73 Å². The Balaban J connectivity index is 1.98. The maximum atomic E-state index is 13.5. The molecule has 3 nitrogen and oxygen atoms in total. The van der Waals surface area contributed by atoms with Gasteiger partial charge in [-0.25, -0.2) is 13.8 Å². The Morgan fingerprint density at radius 1 is 1.11 bits per heavy atom. The third-order valence-corrected chi connectivity index (χ3v) is 3.37. The Bertz CT molecular complexity index is 757. The average Bonchev–Trinajstić information content (AvgIpc) is 2.75. The molecule has 0 fully saturated rings. The number of nitrogens with zero attached hydrogens (tertiary/aromatic N) is 1. The van der Waals surface area contributed by atoms with E-state index >= 15 is 0 Å². The predicted octanol–water partition coefficient (Wildman–Crippen LogP) is 3.84. The van der Waals surface area contributed by atoms with Crippen molar-refractivity contribution in [2.45, 2.75) is 10.1 Å². The highest BCUT2D eigenvalue weighted by Gasteiger charge is 2.11. The third-order valence-electron chi connectivity index (χ3n) is 2.48. The third kappa shape index (κ3) is 2.39. The molecule has 0 unspecified atom stereocenters. The Hall–Kier alpha value is -2.08. The SMILES string of the molecule is Nc1ccc2nc(Sc3cc(F)ccc3F)oc2c1. The Kier molecular flexibility index (Phi) is 2.87. The van der Waals surface area contributed by atoms with E-state index in [9.17, 15) is 8.78 Å². The first-order chi connectivity index (χ1) is 9.11. The van der Waals surface area contributed by atoms with Gasteiger partial charge < -0.3 is 10.2 Å². The van der Waals surface area contributed by atoms with Crippen LogP contribution in [0, 0.1) is 11.6 Å². The lowest BCUT2D eigenvalue weighted by Crippen LogP contribution is -1.83. The highest BCUT2D eigenvalue weighted by molar-refractivity contribution is 7.99. The highest BCUT2D eigenvalue weighted by atomic mass is 32.2. The van der Waals surface area contributed by atoms with Gasteiger partial charge in [0.15, 0.2) is 5.58 Å². The van der Waals surface area contributed by atoms with E-state index < -0.39 is 11.6 Å². The first kappa shape index (κ1) is 12.0. The summed E-state index contributed by atoms with van der Waals surface area (Å²) in [6, 6.07) is 8.27. The van der Waals surface area contributed by atoms with Gasteiger partial charge in [0.1, 0.15) is 17.2 Å². The minimum atomic E-state index is -0.520. The van der Waals surface area contributed by atoms with Crippen LogP contribution in [0.15, 0.2) is 50.9 Å². The van der Waals surface area contributed by atoms with Gasteiger partial charge in [-0.15, -0.1) is 0 Å². The zero-order valence-electron chi connectivity index (χ0n) is 9.56. The van der Waals surface area contributed by atoms with Gasteiger partial charge in [0.25, 0.3) is 5.22 Å². The van der Waals surface area contributed by atoms with E-state index in [4.69, 9.17) is 10.2 Å². The van der Waals surface area contributed by atoms with Crippen molar-refractivity contribution in [1.29, 1.82) is 0 Å². The minimum Gasteiger partial charge on any atom is -0.431 e. The van der Waals surface area contributed by atoms with Crippen molar-refractivity contribution < 1.29 is 13.2 Å². The normalized spacial score (nSPS) is 11.1. The molecule has 0 bridgehead atoms. The Morgan fingerprint density at radius 3 is 2.79 bits per heavy atom. The van der Waals surface area contributed by atoms with Crippen LogP contribution in [0.5, 0.6) is 0 Å². The number of hydrogen-bond donors (Lipinski definition) is 1. The van der Waals surface area contributed by atoms with E-state index in [0.29, 0.717) is 16.8 Å². The number of anilines is 1. The summed E-state index contributed by atoms with van der Waals surface area (Å²) in [5.41, 5.74) is 7.31. The van der Waals surface area contributed by atoms with Gasteiger partial charge in [-0.05, 0) is 42.1 Å². The molecule has 0 amide bonds. The summed E-state index contributed by atoms with van der Waals surface area (Å²) in [4.78, 5) is 4.30. The topological polar surface area (TPSA) is 52.0 Å². The van der Waals surface area contributed by atoms with Crippen molar-refractivity contribution in [3.63, 3.8) is 0 Å². The second kappa shape index (κ2) is 4.55. The number of rotatable bonds is 2. The largest absolute Gasteiger partial charge is 0.431 e. The van der Waals surface area contributed by atoms with Gasteiger partial charge in [0.2, 0.25) is 0 Å². The standard InChI is InChI=1S/C13H8F2N2OS/c14-7-1-3-9(15)12(5-7)19-13-17-10-4-2-8(16)6-11(10)18-13/h1-6H,16H2. The molecular weight excluding hydrogens is 270 g/mol. The Morgan fingerprint density at radius 2 is 1.95 bits per heavy atom. The maximum Gasteiger partial charge on any atom is 0.261 e. The second-order valence-electron chi connectivity index (χ2n) is 3.88. The Labute approximate surface area is 111 Å². The van der Waals surface area contributed by atoms with Gasteiger partial charge in [-0.2, -0.15) is 0 Å². The minimum absolute atomic E-state index is 0.125. The van der Waals surface area contributed by atoms with Crippen molar-refractivity contribution in [3.8, 4) is 0 Å². The van der Waals surface area contributed by atoms with Crippen LogP contribution in [0.4, 0.5) is 14.5 Å². The molecule has 19 heavy (non-hydrogen) atoms. The fourth-order valence-electron chi connectivity index (χ4n) is 1.61. The maximum absolute atomic E-state index is 13.5. The zero-order valence-corrected chi connectivity index (χ0v) is 10.4. The number of nitrogens with two attached hydrogens (primary N) is 1. The molecule has 0 saturated heterocycles. The molecule has 0 aliphatic rings. The summed E-state index contributed by atoms with van der Waals surface area (Å²) in [5.74, 6) is -1.03.